The van der Waals surface area contributed by atoms with Gasteiger partial charge in [0.2, 0.25) is 5.91 Å². The van der Waals surface area contributed by atoms with Gasteiger partial charge < -0.3 is 9.80 Å². The van der Waals surface area contributed by atoms with Crippen molar-refractivity contribution in [2.24, 2.45) is 9.98 Å². The Kier molecular flexibility index (Phi) is 4.73. The van der Waals surface area contributed by atoms with E-state index < -0.39 is 0 Å². The molecule has 8 heteroatoms. The monoisotopic (exact) mass is 382 g/mol. The maximum absolute atomic E-state index is 12.1. The van der Waals surface area contributed by atoms with Crippen molar-refractivity contribution in [1.29, 1.82) is 0 Å². The highest BCUT2D eigenvalue weighted by Gasteiger charge is 2.31. The Morgan fingerprint density at radius 3 is 2.96 bits per heavy atom. The Morgan fingerprint density at radius 1 is 1.33 bits per heavy atom. The Hall–Kier alpha value is -2.61. The van der Waals surface area contributed by atoms with Crippen molar-refractivity contribution >= 4 is 34.5 Å². The van der Waals surface area contributed by atoms with Crippen LogP contribution in [0.15, 0.2) is 40.4 Å². The third-order valence-electron chi connectivity index (χ3n) is 4.54. The first kappa shape index (κ1) is 17.8. The molecule has 2 aromatic rings. The molecule has 0 radical (unpaired) electrons. The number of amides is 1. The van der Waals surface area contributed by atoms with Crippen molar-refractivity contribution in [3.8, 4) is 5.69 Å². The fraction of sp³-hybridized carbons (Fsp3) is 0.368. The van der Waals surface area contributed by atoms with E-state index in [-0.39, 0.29) is 5.91 Å². The number of hydrogen-bond donors (Lipinski definition) is 0. The second kappa shape index (κ2) is 7.19. The highest BCUT2D eigenvalue weighted by Crippen LogP contribution is 2.33. The summed E-state index contributed by atoms with van der Waals surface area (Å²) < 4.78 is 1.85. The minimum Gasteiger partial charge on any atom is -0.348 e. The van der Waals surface area contributed by atoms with Gasteiger partial charge in [0.15, 0.2) is 11.0 Å². The fourth-order valence-corrected chi connectivity index (χ4v) is 4.09. The molecule has 0 saturated heterocycles. The second-order valence-corrected chi connectivity index (χ2v) is 7.76. The molecule has 1 amide bonds. The minimum absolute atomic E-state index is 0.0659. The molecule has 1 aromatic heterocycles. The topological polar surface area (TPSA) is 66.1 Å². The number of thioether (sulfide) groups is 1. The molecule has 1 aromatic carbocycles. The van der Waals surface area contributed by atoms with Crippen molar-refractivity contribution in [2.75, 3.05) is 32.9 Å². The lowest BCUT2D eigenvalue weighted by Gasteiger charge is -2.32. The molecule has 0 unspecified atom stereocenters. The van der Waals surface area contributed by atoms with E-state index in [1.165, 1.54) is 17.3 Å². The molecular weight excluding hydrogens is 360 g/mol. The predicted molar refractivity (Wildman–Crippen MR) is 109 cm³/mol. The number of aryl methyl sites for hydroxylation is 1. The number of hydrogen-bond acceptors (Lipinski definition) is 6. The van der Waals surface area contributed by atoms with Gasteiger partial charge in [-0.3, -0.25) is 9.79 Å². The van der Waals surface area contributed by atoms with Gasteiger partial charge in [-0.1, -0.05) is 23.9 Å². The number of fused-ring (bicyclic) bond motifs is 3. The van der Waals surface area contributed by atoms with Crippen molar-refractivity contribution in [3.05, 3.63) is 41.6 Å². The van der Waals surface area contributed by atoms with E-state index in [9.17, 15) is 4.79 Å². The largest absolute Gasteiger partial charge is 0.348 e. The summed E-state index contributed by atoms with van der Waals surface area (Å²) >= 11 is 1.46. The van der Waals surface area contributed by atoms with Crippen LogP contribution in [0.25, 0.3) is 5.69 Å². The zero-order valence-electron chi connectivity index (χ0n) is 15.7. The van der Waals surface area contributed by atoms with E-state index in [0.717, 1.165) is 47.6 Å². The smallest absolute Gasteiger partial charge is 0.232 e. The van der Waals surface area contributed by atoms with Gasteiger partial charge in [-0.2, -0.15) is 5.10 Å². The molecule has 27 heavy (non-hydrogen) atoms. The van der Waals surface area contributed by atoms with E-state index in [4.69, 9.17) is 9.98 Å². The van der Waals surface area contributed by atoms with Gasteiger partial charge in [0.05, 0.1) is 23.2 Å². The van der Waals surface area contributed by atoms with Crippen molar-refractivity contribution in [2.45, 2.75) is 13.3 Å². The zero-order valence-corrected chi connectivity index (χ0v) is 16.5. The molecular formula is C19H22N6OS. The standard InChI is InChI=1S/C19H22N6OS/c1-13-6-4-7-14(10-13)25-18-15(11-21-25)17-20-8-5-9-24(17)19(22-18)27-12-16(26)23(2)3/h4,6-7,10-11H,5,8-9,12H2,1-3H3. The third kappa shape index (κ3) is 3.37. The molecule has 0 aliphatic carbocycles. The molecule has 0 spiro atoms. The van der Waals surface area contributed by atoms with Crippen molar-refractivity contribution in [3.63, 3.8) is 0 Å². The Balaban J connectivity index is 1.75. The molecule has 7 nitrogen and oxygen atoms in total. The van der Waals surface area contributed by atoms with Crippen LogP contribution in [0.5, 0.6) is 0 Å². The van der Waals surface area contributed by atoms with Crippen molar-refractivity contribution < 1.29 is 4.79 Å². The average molecular weight is 382 g/mol. The molecule has 0 saturated carbocycles. The number of aliphatic imine (C=N–C) groups is 2. The van der Waals surface area contributed by atoms with Crippen LogP contribution in [0.3, 0.4) is 0 Å². The quantitative estimate of drug-likeness (QED) is 0.818. The van der Waals surface area contributed by atoms with E-state index in [2.05, 4.69) is 29.1 Å². The number of aromatic nitrogens is 2. The van der Waals surface area contributed by atoms with E-state index in [1.807, 2.05) is 23.0 Å². The molecule has 0 bridgehead atoms. The first-order chi connectivity index (χ1) is 13.0. The summed E-state index contributed by atoms with van der Waals surface area (Å²) in [5, 5.41) is 5.39. The number of carbonyl (C=O) groups excluding carboxylic acids is 1. The van der Waals surface area contributed by atoms with Crippen LogP contribution in [-0.4, -0.2) is 69.4 Å². The fourth-order valence-electron chi connectivity index (χ4n) is 3.09. The third-order valence-corrected chi connectivity index (χ3v) is 5.51. The summed E-state index contributed by atoms with van der Waals surface area (Å²) in [5.74, 6) is 2.10. The highest BCUT2D eigenvalue weighted by atomic mass is 32.2. The Labute approximate surface area is 162 Å². The number of amidine groups is 2. The van der Waals surface area contributed by atoms with Gasteiger partial charge >= 0.3 is 0 Å². The lowest BCUT2D eigenvalue weighted by molar-refractivity contribution is -0.125. The average Bonchev–Trinajstić information content (AvgIpc) is 3.09. The van der Waals surface area contributed by atoms with Gasteiger partial charge in [0, 0.05) is 27.2 Å². The molecule has 2 aliphatic rings. The lowest BCUT2D eigenvalue weighted by atomic mass is 10.2. The van der Waals surface area contributed by atoms with Crippen LogP contribution < -0.4 is 0 Å². The number of rotatable bonds is 3. The molecule has 140 valence electrons. The van der Waals surface area contributed by atoms with Gasteiger partial charge in [-0.05, 0) is 31.0 Å². The van der Waals surface area contributed by atoms with Crippen LogP contribution in [0.4, 0.5) is 5.82 Å². The van der Waals surface area contributed by atoms with E-state index in [0.29, 0.717) is 5.75 Å². The summed E-state index contributed by atoms with van der Waals surface area (Å²) in [6, 6.07) is 8.18. The summed E-state index contributed by atoms with van der Waals surface area (Å²) in [4.78, 5) is 25.4. The van der Waals surface area contributed by atoms with Gasteiger partial charge in [0.25, 0.3) is 0 Å². The van der Waals surface area contributed by atoms with Crippen LogP contribution >= 0.6 is 11.8 Å². The normalized spacial score (nSPS) is 15.6. The number of nitrogens with zero attached hydrogens (tertiary/aromatic N) is 6. The van der Waals surface area contributed by atoms with Crippen LogP contribution in [0, 0.1) is 6.92 Å². The van der Waals surface area contributed by atoms with Gasteiger partial charge in [-0.15, -0.1) is 0 Å². The van der Waals surface area contributed by atoms with Gasteiger partial charge in [-0.25, -0.2) is 9.67 Å². The Morgan fingerprint density at radius 2 is 2.19 bits per heavy atom. The molecule has 0 atom stereocenters. The van der Waals surface area contributed by atoms with Crippen LogP contribution in [-0.2, 0) is 4.79 Å². The summed E-state index contributed by atoms with van der Waals surface area (Å²) in [6.45, 7) is 3.72. The summed E-state index contributed by atoms with van der Waals surface area (Å²) in [5.41, 5.74) is 3.08. The molecule has 0 fully saturated rings. The maximum atomic E-state index is 12.1. The van der Waals surface area contributed by atoms with Gasteiger partial charge in [0.1, 0.15) is 5.84 Å². The van der Waals surface area contributed by atoms with Crippen LogP contribution in [0.1, 0.15) is 17.5 Å². The molecule has 3 heterocycles. The minimum atomic E-state index is 0.0659. The predicted octanol–water partition coefficient (Wildman–Crippen LogP) is 2.46. The molecule has 0 N–H and O–H groups in total. The molecule has 2 aliphatic heterocycles. The molecule has 4 rings (SSSR count). The maximum Gasteiger partial charge on any atom is 0.232 e. The highest BCUT2D eigenvalue weighted by molar-refractivity contribution is 8.14. The summed E-state index contributed by atoms with van der Waals surface area (Å²) in [6.07, 6.45) is 2.82. The Bertz CT molecular complexity index is 945. The number of carbonyl (C=O) groups is 1. The van der Waals surface area contributed by atoms with Crippen LogP contribution in [0.2, 0.25) is 0 Å². The zero-order chi connectivity index (χ0) is 19.0. The van der Waals surface area contributed by atoms with E-state index in [1.54, 1.807) is 19.0 Å². The summed E-state index contributed by atoms with van der Waals surface area (Å²) in [7, 11) is 3.54. The SMILES string of the molecule is Cc1cccc(-n2ncc3c2N=C(SCC(=O)N(C)C)N2CCCN=C32)c1. The lowest BCUT2D eigenvalue weighted by Crippen LogP contribution is -2.42. The first-order valence-corrected chi connectivity index (χ1v) is 9.92. The number of benzene rings is 1. The van der Waals surface area contributed by atoms with Crippen molar-refractivity contribution in [1.82, 2.24) is 19.6 Å². The second-order valence-electron chi connectivity index (χ2n) is 6.81. The van der Waals surface area contributed by atoms with E-state index >= 15 is 0 Å². The first-order valence-electron chi connectivity index (χ1n) is 8.93.